The lowest BCUT2D eigenvalue weighted by molar-refractivity contribution is 0.0181. The monoisotopic (exact) mass is 386 g/mol. The molecule has 2 rings (SSSR count). The van der Waals surface area contributed by atoms with Crippen LogP contribution in [0.3, 0.4) is 0 Å². The first kappa shape index (κ1) is 22.0. The second-order valence-electron chi connectivity index (χ2n) is 8.86. The first-order chi connectivity index (χ1) is 13.2. The Bertz CT molecular complexity index is 665. The minimum Gasteiger partial charge on any atom is -0.444 e. The van der Waals surface area contributed by atoms with Gasteiger partial charge in [-0.3, -0.25) is 0 Å². The summed E-state index contributed by atoms with van der Waals surface area (Å²) in [7, 11) is 0. The average Bonchev–Trinajstić information content (AvgIpc) is 2.64. The van der Waals surface area contributed by atoms with Gasteiger partial charge in [-0.25, -0.2) is 9.78 Å². The van der Waals surface area contributed by atoms with Crippen molar-refractivity contribution < 1.29 is 9.53 Å². The number of likely N-dealkylation sites (tertiary alicyclic amines) is 1. The summed E-state index contributed by atoms with van der Waals surface area (Å²) >= 11 is 0. The predicted octanol–water partition coefficient (Wildman–Crippen LogP) is 4.60. The van der Waals surface area contributed by atoms with Gasteiger partial charge in [-0.1, -0.05) is 0 Å². The van der Waals surface area contributed by atoms with E-state index in [0.29, 0.717) is 17.5 Å². The molecule has 0 atom stereocenters. The van der Waals surface area contributed by atoms with Crippen molar-refractivity contribution in [2.24, 2.45) is 5.92 Å². The number of hydrogen-bond donors (Lipinski definition) is 0. The standard InChI is InChI=1S/C22H34N4O2/c1-17(2)26(20-9-8-19(15-23)16-24-20)12-6-7-18-10-13-25(14-11-18)21(27)28-22(3,4)5/h8-9,16-18H,6-7,10-14H2,1-5H3. The third kappa shape index (κ3) is 6.70. The first-order valence-electron chi connectivity index (χ1n) is 10.3. The molecule has 0 unspecified atom stereocenters. The molecule has 0 spiro atoms. The van der Waals surface area contributed by atoms with Gasteiger partial charge in [0.15, 0.2) is 0 Å². The molecular formula is C22H34N4O2. The van der Waals surface area contributed by atoms with Gasteiger partial charge in [-0.15, -0.1) is 0 Å². The average molecular weight is 387 g/mol. The summed E-state index contributed by atoms with van der Waals surface area (Å²) in [6, 6.07) is 6.22. The van der Waals surface area contributed by atoms with Crippen LogP contribution in [0.5, 0.6) is 0 Å². The van der Waals surface area contributed by atoms with Crippen molar-refractivity contribution in [1.82, 2.24) is 9.88 Å². The first-order valence-corrected chi connectivity index (χ1v) is 10.3. The molecule has 0 N–H and O–H groups in total. The van der Waals surface area contributed by atoms with Crippen LogP contribution in [0.1, 0.15) is 65.9 Å². The molecule has 28 heavy (non-hydrogen) atoms. The molecule has 6 heteroatoms. The number of ether oxygens (including phenoxy) is 1. The second-order valence-corrected chi connectivity index (χ2v) is 8.86. The van der Waals surface area contributed by atoms with E-state index >= 15 is 0 Å². The summed E-state index contributed by atoms with van der Waals surface area (Å²) in [5.41, 5.74) is 0.150. The van der Waals surface area contributed by atoms with Crippen LogP contribution in [0.15, 0.2) is 18.3 Å². The van der Waals surface area contributed by atoms with Gasteiger partial charge in [0.1, 0.15) is 17.5 Å². The van der Waals surface area contributed by atoms with Crippen molar-refractivity contribution in [1.29, 1.82) is 5.26 Å². The predicted molar refractivity (Wildman–Crippen MR) is 111 cm³/mol. The summed E-state index contributed by atoms with van der Waals surface area (Å²) in [5, 5.41) is 8.93. The van der Waals surface area contributed by atoms with E-state index in [9.17, 15) is 4.79 Å². The highest BCUT2D eigenvalue weighted by Gasteiger charge is 2.26. The number of nitriles is 1. The molecule has 154 valence electrons. The molecule has 1 aliphatic rings. The van der Waals surface area contributed by atoms with Crippen molar-refractivity contribution in [3.63, 3.8) is 0 Å². The van der Waals surface area contributed by atoms with Gasteiger partial charge in [0.25, 0.3) is 0 Å². The fourth-order valence-electron chi connectivity index (χ4n) is 3.54. The molecule has 0 bridgehead atoms. The van der Waals surface area contributed by atoms with Gasteiger partial charge < -0.3 is 14.5 Å². The van der Waals surface area contributed by atoms with Gasteiger partial charge in [0.2, 0.25) is 0 Å². The van der Waals surface area contributed by atoms with Crippen molar-refractivity contribution in [2.75, 3.05) is 24.5 Å². The number of carbonyl (C=O) groups is 1. The van der Waals surface area contributed by atoms with Crippen molar-refractivity contribution in [3.8, 4) is 6.07 Å². The number of hydrogen-bond acceptors (Lipinski definition) is 5. The Morgan fingerprint density at radius 3 is 2.54 bits per heavy atom. The number of anilines is 1. The van der Waals surface area contributed by atoms with E-state index < -0.39 is 5.60 Å². The van der Waals surface area contributed by atoms with E-state index in [0.717, 1.165) is 51.1 Å². The zero-order chi connectivity index (χ0) is 20.7. The molecule has 0 aromatic carbocycles. The Labute approximate surface area is 169 Å². The van der Waals surface area contributed by atoms with Gasteiger partial charge in [-0.2, -0.15) is 5.26 Å². The number of nitrogens with zero attached hydrogens (tertiary/aromatic N) is 4. The molecule has 1 aliphatic heterocycles. The summed E-state index contributed by atoms with van der Waals surface area (Å²) in [4.78, 5) is 20.7. The Morgan fingerprint density at radius 2 is 2.04 bits per heavy atom. The summed E-state index contributed by atoms with van der Waals surface area (Å²) in [5.74, 6) is 1.58. The normalized spacial score (nSPS) is 15.4. The molecular weight excluding hydrogens is 352 g/mol. The maximum absolute atomic E-state index is 12.2. The van der Waals surface area contributed by atoms with Crippen LogP contribution in [0.4, 0.5) is 10.6 Å². The third-order valence-electron chi connectivity index (χ3n) is 5.07. The lowest BCUT2D eigenvalue weighted by atomic mass is 9.92. The van der Waals surface area contributed by atoms with Gasteiger partial charge in [0, 0.05) is 31.9 Å². The van der Waals surface area contributed by atoms with E-state index in [1.807, 2.05) is 37.8 Å². The van der Waals surface area contributed by atoms with Gasteiger partial charge in [0.05, 0.1) is 5.56 Å². The Balaban J connectivity index is 1.78. The van der Waals surface area contributed by atoms with Crippen molar-refractivity contribution in [3.05, 3.63) is 23.9 Å². The van der Waals surface area contributed by atoms with E-state index in [2.05, 4.69) is 29.8 Å². The van der Waals surface area contributed by atoms with E-state index in [4.69, 9.17) is 10.00 Å². The smallest absolute Gasteiger partial charge is 0.410 e. The molecule has 1 aromatic rings. The SMILES string of the molecule is CC(C)N(CCCC1CCN(C(=O)OC(C)(C)C)CC1)c1ccc(C#N)cn1. The number of pyridine rings is 1. The molecule has 0 radical (unpaired) electrons. The van der Waals surface area contributed by atoms with E-state index in [1.54, 1.807) is 6.20 Å². The second kappa shape index (κ2) is 9.77. The maximum atomic E-state index is 12.2. The van der Waals surface area contributed by atoms with Crippen LogP contribution >= 0.6 is 0 Å². The summed E-state index contributed by atoms with van der Waals surface area (Å²) in [6.07, 6.45) is 5.77. The molecule has 0 saturated carbocycles. The Morgan fingerprint density at radius 1 is 1.36 bits per heavy atom. The lowest BCUT2D eigenvalue weighted by Crippen LogP contribution is -2.41. The van der Waals surface area contributed by atoms with Crippen LogP contribution in [-0.4, -0.2) is 47.3 Å². The minimum absolute atomic E-state index is 0.191. The summed E-state index contributed by atoms with van der Waals surface area (Å²) < 4.78 is 5.47. The van der Waals surface area contributed by atoms with Crippen molar-refractivity contribution in [2.45, 2.75) is 71.9 Å². The van der Waals surface area contributed by atoms with Crippen LogP contribution in [0.25, 0.3) is 0 Å². The Hall–Kier alpha value is -2.29. The zero-order valence-corrected chi connectivity index (χ0v) is 17.9. The molecule has 1 saturated heterocycles. The largest absolute Gasteiger partial charge is 0.444 e. The van der Waals surface area contributed by atoms with E-state index in [-0.39, 0.29) is 6.09 Å². The molecule has 6 nitrogen and oxygen atoms in total. The van der Waals surface area contributed by atoms with Crippen LogP contribution in [-0.2, 0) is 4.74 Å². The van der Waals surface area contributed by atoms with Crippen molar-refractivity contribution >= 4 is 11.9 Å². The maximum Gasteiger partial charge on any atom is 0.410 e. The molecule has 1 amide bonds. The number of carbonyl (C=O) groups excluding carboxylic acids is 1. The van der Waals surface area contributed by atoms with Crippen LogP contribution in [0, 0.1) is 17.2 Å². The number of amides is 1. The highest BCUT2D eigenvalue weighted by Crippen LogP contribution is 2.24. The molecule has 2 heterocycles. The molecule has 1 aromatic heterocycles. The summed E-state index contributed by atoms with van der Waals surface area (Å²) in [6.45, 7) is 12.6. The van der Waals surface area contributed by atoms with Crippen LogP contribution < -0.4 is 4.90 Å². The third-order valence-corrected chi connectivity index (χ3v) is 5.07. The number of rotatable bonds is 6. The molecule has 0 aliphatic carbocycles. The number of aromatic nitrogens is 1. The minimum atomic E-state index is -0.437. The number of piperidine rings is 1. The lowest BCUT2D eigenvalue weighted by Gasteiger charge is -2.34. The Kier molecular flexibility index (Phi) is 7.68. The fraction of sp³-hybridized carbons (Fsp3) is 0.682. The van der Waals surface area contributed by atoms with Crippen LogP contribution in [0.2, 0.25) is 0 Å². The van der Waals surface area contributed by atoms with E-state index in [1.165, 1.54) is 0 Å². The fourth-order valence-corrected chi connectivity index (χ4v) is 3.54. The molecule has 1 fully saturated rings. The quantitative estimate of drug-likeness (QED) is 0.715. The zero-order valence-electron chi connectivity index (χ0n) is 17.9. The van der Waals surface area contributed by atoms with Gasteiger partial charge in [-0.05, 0) is 78.4 Å². The van der Waals surface area contributed by atoms with Gasteiger partial charge >= 0.3 is 6.09 Å². The topological polar surface area (TPSA) is 69.5 Å². The highest BCUT2D eigenvalue weighted by atomic mass is 16.6. The highest BCUT2D eigenvalue weighted by molar-refractivity contribution is 5.68.